The van der Waals surface area contributed by atoms with E-state index in [-0.39, 0.29) is 21.1 Å². The first-order valence-corrected chi connectivity index (χ1v) is 38.9. The van der Waals surface area contributed by atoms with Gasteiger partial charge in [0.25, 0.3) is 0 Å². The molecular formula is C100H62Cl4N12. The van der Waals surface area contributed by atoms with Gasteiger partial charge in [0, 0.05) is 44.5 Å². The third-order valence-corrected chi connectivity index (χ3v) is 20.7. The van der Waals surface area contributed by atoms with Crippen LogP contribution in [0.4, 0.5) is 0 Å². The highest BCUT2D eigenvalue weighted by molar-refractivity contribution is 6.30. The van der Waals surface area contributed by atoms with Gasteiger partial charge in [-0.3, -0.25) is 0 Å². The van der Waals surface area contributed by atoms with E-state index in [2.05, 4.69) is 256 Å². The van der Waals surface area contributed by atoms with Crippen LogP contribution in [0.25, 0.3) is 189 Å². The Labute approximate surface area is 687 Å². The van der Waals surface area contributed by atoms with Crippen molar-refractivity contribution >= 4 is 122 Å². The second-order valence-corrected chi connectivity index (χ2v) is 28.6. The van der Waals surface area contributed by atoms with Crippen LogP contribution in [0.2, 0.25) is 21.1 Å². The third-order valence-electron chi connectivity index (χ3n) is 20.0. The quantitative estimate of drug-likeness (QED) is 0.120. The molecule has 0 N–H and O–H groups in total. The highest BCUT2D eigenvalue weighted by atomic mass is 35.5. The van der Waals surface area contributed by atoms with Gasteiger partial charge in [0.1, 0.15) is 0 Å². The molecule has 0 radical (unpaired) electrons. The number of rotatable bonds is 10. The van der Waals surface area contributed by atoms with Crippen LogP contribution in [0.3, 0.4) is 0 Å². The zero-order valence-corrected chi connectivity index (χ0v) is 64.7. The Bertz CT molecular complexity index is 7180. The third kappa shape index (κ3) is 15.7. The minimum absolute atomic E-state index is 0.175. The summed E-state index contributed by atoms with van der Waals surface area (Å²) in [6.45, 7) is 0. The van der Waals surface area contributed by atoms with Crippen molar-refractivity contribution in [1.29, 1.82) is 0 Å². The van der Waals surface area contributed by atoms with E-state index in [1.165, 1.54) is 54.2 Å². The van der Waals surface area contributed by atoms with E-state index in [1.807, 2.05) is 170 Å². The Hall–Kier alpha value is -14.2. The Kier molecular flexibility index (Phi) is 21.0. The minimum atomic E-state index is 0.175. The molecule has 0 spiro atoms. The van der Waals surface area contributed by atoms with Gasteiger partial charge >= 0.3 is 0 Å². The first kappa shape index (κ1) is 73.3. The highest BCUT2D eigenvalue weighted by Crippen LogP contribution is 2.40. The summed E-state index contributed by atoms with van der Waals surface area (Å²) in [7, 11) is 0. The zero-order valence-electron chi connectivity index (χ0n) is 61.7. The molecular weight excluding hydrogens is 1510 g/mol. The lowest BCUT2D eigenvalue weighted by Crippen LogP contribution is -1.98. The van der Waals surface area contributed by atoms with E-state index in [0.29, 0.717) is 46.6 Å². The number of aromatic nitrogens is 12. The molecule has 16 heteroatoms. The molecule has 0 fully saturated rings. The molecule has 0 aliphatic carbocycles. The van der Waals surface area contributed by atoms with Crippen LogP contribution < -0.4 is 0 Å². The standard InChI is InChI=1S/C33H20ClN3.C25H16ClN3.C23H14ClN3.C19H12ClN3/c34-33-36-31(23-12-8-11-22(19-23)21-9-2-1-3-10-21)35-32(37-33)24-17-18-29-27-15-5-4-13-25(27)26-14-6-7-16-28(26)30(29)20-24;26-25-28-23(18-11-5-2-6-12-18)27-24(29-25)22-16-15-19(17-9-3-1-4-10-17)20-13-7-8-14-21(20)22;24-23-26-21(16-7-2-1-3-8-16)25-22(27-23)18-12-13-20-17(14-18)11-10-15-6-4-5-9-19(15)20;20-19-22-17(14-8-2-1-3-9-14)21-18(23-19)16-12-6-10-13-7-4-5-11-15(13)16/h1-20H;1-16H;1-14H;1-12H. The molecule has 550 valence electrons. The Morgan fingerprint density at radius 3 is 0.914 bits per heavy atom. The summed E-state index contributed by atoms with van der Waals surface area (Å²) >= 11 is 25.0. The van der Waals surface area contributed by atoms with Crippen molar-refractivity contribution in [3.63, 3.8) is 0 Å². The number of fused-ring (bicyclic) bond motifs is 11. The number of nitrogens with zero attached hydrogens (tertiary/aromatic N) is 12. The second-order valence-electron chi connectivity index (χ2n) is 27.2. The topological polar surface area (TPSA) is 155 Å². The zero-order chi connectivity index (χ0) is 78.3. The monoisotopic (exact) mass is 1570 g/mol. The second kappa shape index (κ2) is 33.2. The van der Waals surface area contributed by atoms with E-state index in [0.717, 1.165) is 88.0 Å². The van der Waals surface area contributed by atoms with Gasteiger partial charge in [-0.15, -0.1) is 0 Å². The maximum Gasteiger partial charge on any atom is 0.226 e. The molecule has 0 saturated heterocycles. The van der Waals surface area contributed by atoms with E-state index >= 15 is 0 Å². The lowest BCUT2D eigenvalue weighted by molar-refractivity contribution is 1.07. The van der Waals surface area contributed by atoms with Gasteiger partial charge in [-0.2, -0.15) is 39.9 Å². The summed E-state index contributed by atoms with van der Waals surface area (Å²) in [6.07, 6.45) is 0. The van der Waals surface area contributed by atoms with E-state index in [4.69, 9.17) is 56.4 Å². The molecule has 0 aliphatic heterocycles. The van der Waals surface area contributed by atoms with Crippen LogP contribution in [0, 0.1) is 0 Å². The molecule has 0 bridgehead atoms. The van der Waals surface area contributed by atoms with E-state index < -0.39 is 0 Å². The summed E-state index contributed by atoms with van der Waals surface area (Å²) < 4.78 is 0. The Morgan fingerprint density at radius 2 is 0.414 bits per heavy atom. The summed E-state index contributed by atoms with van der Waals surface area (Å²) in [5.74, 6) is 4.55. The molecule has 116 heavy (non-hydrogen) atoms. The molecule has 0 atom stereocenters. The van der Waals surface area contributed by atoms with Crippen LogP contribution in [0.1, 0.15) is 0 Å². The molecule has 0 aliphatic rings. The molecule has 0 saturated carbocycles. The van der Waals surface area contributed by atoms with Gasteiger partial charge in [0.2, 0.25) is 21.1 Å². The molecule has 21 aromatic rings. The Morgan fingerprint density at radius 1 is 0.129 bits per heavy atom. The van der Waals surface area contributed by atoms with Crippen molar-refractivity contribution in [3.8, 4) is 113 Å². The van der Waals surface area contributed by atoms with E-state index in [1.54, 1.807) is 0 Å². The summed E-state index contributed by atoms with van der Waals surface area (Å²) in [5.41, 5.74) is 11.9. The van der Waals surface area contributed by atoms with Crippen molar-refractivity contribution < 1.29 is 0 Å². The molecule has 0 amide bonds. The first-order valence-electron chi connectivity index (χ1n) is 37.4. The van der Waals surface area contributed by atoms with Crippen molar-refractivity contribution in [3.05, 3.63) is 397 Å². The Balaban J connectivity index is 0.000000109. The van der Waals surface area contributed by atoms with Crippen molar-refractivity contribution in [2.75, 3.05) is 0 Å². The lowest BCUT2D eigenvalue weighted by Gasteiger charge is -2.12. The van der Waals surface area contributed by atoms with E-state index in [9.17, 15) is 0 Å². The molecule has 0 unspecified atom stereocenters. The fourth-order valence-electron chi connectivity index (χ4n) is 14.6. The van der Waals surface area contributed by atoms with Crippen molar-refractivity contribution in [1.82, 2.24) is 59.8 Å². The van der Waals surface area contributed by atoms with Crippen molar-refractivity contribution in [2.45, 2.75) is 0 Å². The normalized spacial score (nSPS) is 11.1. The SMILES string of the molecule is Clc1nc(-c2cccc(-c3ccccc3)c2)nc(-c2ccc3c4ccccc4c4ccccc4c3c2)n1.Clc1nc(-c2ccccc2)nc(-c2ccc(-c3ccccc3)c3ccccc23)n1.Clc1nc(-c2ccccc2)nc(-c2ccc3c(ccc4ccccc43)c2)n1.Clc1nc(-c2ccccc2)nc(-c2cccc3ccccc23)n1. The van der Waals surface area contributed by atoms with Crippen LogP contribution in [0.5, 0.6) is 0 Å². The fourth-order valence-corrected chi connectivity index (χ4v) is 15.3. The van der Waals surface area contributed by atoms with Gasteiger partial charge in [-0.25, -0.2) is 19.9 Å². The fraction of sp³-hybridized carbons (Fsp3) is 0. The maximum absolute atomic E-state index is 6.44. The average Bonchev–Trinajstić information content (AvgIpc) is 0.736. The van der Waals surface area contributed by atoms with Gasteiger partial charge in [0.15, 0.2) is 46.6 Å². The summed E-state index contributed by atoms with van der Waals surface area (Å²) in [5, 5.41) is 17.3. The molecule has 4 heterocycles. The number of benzene rings is 17. The van der Waals surface area contributed by atoms with Gasteiger partial charge in [-0.05, 0) is 168 Å². The largest absolute Gasteiger partial charge is 0.226 e. The van der Waals surface area contributed by atoms with Gasteiger partial charge < -0.3 is 0 Å². The highest BCUT2D eigenvalue weighted by Gasteiger charge is 2.19. The average molecular weight is 1570 g/mol. The molecule has 12 nitrogen and oxygen atoms in total. The maximum atomic E-state index is 6.44. The smallest absolute Gasteiger partial charge is 0.208 e. The van der Waals surface area contributed by atoms with Gasteiger partial charge in [-0.1, -0.05) is 352 Å². The first-order chi connectivity index (χ1) is 57.1. The summed E-state index contributed by atoms with van der Waals surface area (Å²) in [6, 6.07) is 127. The molecule has 4 aromatic heterocycles. The predicted molar refractivity (Wildman–Crippen MR) is 476 cm³/mol. The minimum Gasteiger partial charge on any atom is -0.208 e. The van der Waals surface area contributed by atoms with Crippen LogP contribution in [0.15, 0.2) is 376 Å². The number of hydrogen-bond acceptors (Lipinski definition) is 12. The van der Waals surface area contributed by atoms with Crippen LogP contribution >= 0.6 is 46.4 Å². The predicted octanol–water partition coefficient (Wildman–Crippen LogP) is 26.8. The lowest BCUT2D eigenvalue weighted by atomic mass is 9.93. The molecule has 17 aromatic carbocycles. The molecule has 21 rings (SSSR count). The van der Waals surface area contributed by atoms with Crippen LogP contribution in [-0.4, -0.2) is 59.8 Å². The van der Waals surface area contributed by atoms with Crippen molar-refractivity contribution in [2.24, 2.45) is 0 Å². The van der Waals surface area contributed by atoms with Gasteiger partial charge in [0.05, 0.1) is 0 Å². The number of halogens is 4. The van der Waals surface area contributed by atoms with Crippen LogP contribution in [-0.2, 0) is 0 Å². The summed E-state index contributed by atoms with van der Waals surface area (Å²) in [4.78, 5) is 53.7. The number of hydrogen-bond donors (Lipinski definition) is 0.